The number of hydrogen-bond donors (Lipinski definition) is 2. The van der Waals surface area contributed by atoms with Crippen molar-refractivity contribution in [2.45, 2.75) is 19.0 Å². The first-order valence-corrected chi connectivity index (χ1v) is 7.35. The quantitative estimate of drug-likeness (QED) is 0.883. The average Bonchev–Trinajstić information content (AvgIpc) is 3.09. The Bertz CT molecular complexity index is 491. The lowest BCUT2D eigenvalue weighted by molar-refractivity contribution is 0.552. The molecule has 0 radical (unpaired) electrons. The molecule has 3 rings (SSSR count). The maximum atomic E-state index is 4.25. The van der Waals surface area contributed by atoms with E-state index in [1.54, 1.807) is 0 Å². The van der Waals surface area contributed by atoms with Crippen LogP contribution in [0, 0.1) is 0 Å². The summed E-state index contributed by atoms with van der Waals surface area (Å²) in [6.07, 6.45) is 1.25. The van der Waals surface area contributed by atoms with Gasteiger partial charge in [0, 0.05) is 23.9 Å². The fourth-order valence-corrected chi connectivity index (χ4v) is 3.33. The van der Waals surface area contributed by atoms with Crippen LogP contribution >= 0.6 is 11.8 Å². The van der Waals surface area contributed by atoms with Gasteiger partial charge in [-0.3, -0.25) is 0 Å². The van der Waals surface area contributed by atoms with Crippen molar-refractivity contribution >= 4 is 11.8 Å². The lowest BCUT2D eigenvalue weighted by Crippen LogP contribution is -2.28. The number of thioether (sulfide) groups is 1. The van der Waals surface area contributed by atoms with Gasteiger partial charge in [-0.2, -0.15) is 27.2 Å². The van der Waals surface area contributed by atoms with Crippen molar-refractivity contribution in [3.05, 3.63) is 36.0 Å². The Hall–Kier alpha value is -1.33. The van der Waals surface area contributed by atoms with E-state index in [-0.39, 0.29) is 0 Å². The van der Waals surface area contributed by atoms with Crippen LogP contribution in [-0.4, -0.2) is 33.0 Å². The molecule has 18 heavy (non-hydrogen) atoms. The van der Waals surface area contributed by atoms with E-state index in [2.05, 4.69) is 32.9 Å². The molecule has 0 bridgehead atoms. The highest BCUT2D eigenvalue weighted by atomic mass is 32.2. The van der Waals surface area contributed by atoms with E-state index in [1.165, 1.54) is 17.9 Å². The molecular formula is C13H16N4S. The summed E-state index contributed by atoms with van der Waals surface area (Å²) in [7, 11) is 0. The molecule has 1 aromatic carbocycles. The zero-order chi connectivity index (χ0) is 12.2. The second-order valence-corrected chi connectivity index (χ2v) is 5.58. The number of aromatic nitrogens is 3. The molecule has 0 aliphatic carbocycles. The molecular weight excluding hydrogens is 244 g/mol. The molecule has 4 nitrogen and oxygen atoms in total. The topological polar surface area (TPSA) is 53.6 Å². The molecule has 1 atom stereocenters. The first-order valence-electron chi connectivity index (χ1n) is 6.19. The summed E-state index contributed by atoms with van der Waals surface area (Å²) in [5, 5.41) is 14.8. The fourth-order valence-electron chi connectivity index (χ4n) is 2.14. The highest BCUT2D eigenvalue weighted by Gasteiger charge is 2.16. The summed E-state index contributed by atoms with van der Waals surface area (Å²) in [5.74, 6) is 2.47. The maximum Gasteiger partial charge on any atom is 0.117 e. The number of benzene rings is 1. The van der Waals surface area contributed by atoms with Crippen LogP contribution in [0.25, 0.3) is 11.3 Å². The standard InChI is InChI=1S/C13H16N4S/c1-2-4-10(5-3-1)13-12(15-17-16-13)8-14-11-6-7-18-9-11/h1-5,11,14H,6-9H2,(H,15,16,17). The first kappa shape index (κ1) is 11.7. The summed E-state index contributed by atoms with van der Waals surface area (Å²) in [6.45, 7) is 0.784. The molecule has 1 fully saturated rings. The van der Waals surface area contributed by atoms with E-state index in [4.69, 9.17) is 0 Å². The molecule has 1 aliphatic rings. The molecule has 1 aromatic heterocycles. The molecule has 2 aromatic rings. The zero-order valence-corrected chi connectivity index (χ0v) is 10.9. The Kier molecular flexibility index (Phi) is 3.61. The van der Waals surface area contributed by atoms with Crippen LogP contribution in [-0.2, 0) is 6.54 Å². The van der Waals surface area contributed by atoms with Gasteiger partial charge >= 0.3 is 0 Å². The molecule has 94 valence electrons. The van der Waals surface area contributed by atoms with Gasteiger partial charge < -0.3 is 5.32 Å². The summed E-state index contributed by atoms with van der Waals surface area (Å²) in [6, 6.07) is 10.8. The normalized spacial score (nSPS) is 19.2. The van der Waals surface area contributed by atoms with Gasteiger partial charge in [0.25, 0.3) is 0 Å². The molecule has 1 saturated heterocycles. The third kappa shape index (κ3) is 2.57. The van der Waals surface area contributed by atoms with Crippen LogP contribution in [0.5, 0.6) is 0 Å². The molecule has 5 heteroatoms. The van der Waals surface area contributed by atoms with E-state index >= 15 is 0 Å². The summed E-state index contributed by atoms with van der Waals surface area (Å²) >= 11 is 2.01. The number of H-pyrrole nitrogens is 1. The van der Waals surface area contributed by atoms with Crippen LogP contribution in [0.3, 0.4) is 0 Å². The minimum Gasteiger partial charge on any atom is -0.307 e. The van der Waals surface area contributed by atoms with Gasteiger partial charge in [0.2, 0.25) is 0 Å². The lowest BCUT2D eigenvalue weighted by Gasteiger charge is -2.09. The third-order valence-corrected chi connectivity index (χ3v) is 4.32. The number of nitrogens with one attached hydrogen (secondary N) is 2. The third-order valence-electron chi connectivity index (χ3n) is 3.16. The van der Waals surface area contributed by atoms with E-state index in [0.717, 1.165) is 23.5 Å². The smallest absolute Gasteiger partial charge is 0.117 e. The highest BCUT2D eigenvalue weighted by Crippen LogP contribution is 2.20. The van der Waals surface area contributed by atoms with Crippen LogP contribution < -0.4 is 5.32 Å². The van der Waals surface area contributed by atoms with Crippen molar-refractivity contribution in [2.75, 3.05) is 11.5 Å². The highest BCUT2D eigenvalue weighted by molar-refractivity contribution is 7.99. The maximum absolute atomic E-state index is 4.25. The van der Waals surface area contributed by atoms with Gasteiger partial charge in [-0.1, -0.05) is 30.3 Å². The van der Waals surface area contributed by atoms with E-state index < -0.39 is 0 Å². The SMILES string of the molecule is c1ccc(-c2n[nH]nc2CNC2CCSC2)cc1. The zero-order valence-electron chi connectivity index (χ0n) is 10.1. The van der Waals surface area contributed by atoms with Crippen molar-refractivity contribution in [1.82, 2.24) is 20.7 Å². The van der Waals surface area contributed by atoms with Crippen molar-refractivity contribution in [3.8, 4) is 11.3 Å². The van der Waals surface area contributed by atoms with E-state index in [9.17, 15) is 0 Å². The Morgan fingerprint density at radius 2 is 2.17 bits per heavy atom. The van der Waals surface area contributed by atoms with Gasteiger partial charge in [-0.05, 0) is 12.2 Å². The molecule has 0 amide bonds. The number of nitrogens with zero attached hydrogens (tertiary/aromatic N) is 2. The Morgan fingerprint density at radius 1 is 1.28 bits per heavy atom. The first-order chi connectivity index (χ1) is 8.93. The molecule has 0 saturated carbocycles. The van der Waals surface area contributed by atoms with Gasteiger partial charge in [0.15, 0.2) is 0 Å². The monoisotopic (exact) mass is 260 g/mol. The van der Waals surface area contributed by atoms with Crippen LogP contribution in [0.15, 0.2) is 30.3 Å². The fraction of sp³-hybridized carbons (Fsp3) is 0.385. The largest absolute Gasteiger partial charge is 0.307 e. The van der Waals surface area contributed by atoms with Crippen molar-refractivity contribution in [1.29, 1.82) is 0 Å². The van der Waals surface area contributed by atoms with Crippen LogP contribution in [0.2, 0.25) is 0 Å². The Morgan fingerprint density at radius 3 is 2.94 bits per heavy atom. The predicted molar refractivity (Wildman–Crippen MR) is 74.4 cm³/mol. The van der Waals surface area contributed by atoms with Crippen molar-refractivity contribution < 1.29 is 0 Å². The molecule has 2 N–H and O–H groups in total. The number of hydrogen-bond acceptors (Lipinski definition) is 4. The van der Waals surface area contributed by atoms with Gasteiger partial charge in [0.1, 0.15) is 11.4 Å². The molecule has 2 heterocycles. The Labute approximate surface area is 111 Å². The minimum atomic E-state index is 0.621. The second kappa shape index (κ2) is 5.54. The van der Waals surface area contributed by atoms with Gasteiger partial charge in [0.05, 0.1) is 0 Å². The van der Waals surface area contributed by atoms with E-state index in [1.807, 2.05) is 30.0 Å². The van der Waals surface area contributed by atoms with E-state index in [0.29, 0.717) is 6.04 Å². The summed E-state index contributed by atoms with van der Waals surface area (Å²) in [4.78, 5) is 0. The van der Waals surface area contributed by atoms with Crippen molar-refractivity contribution in [3.63, 3.8) is 0 Å². The van der Waals surface area contributed by atoms with Crippen LogP contribution in [0.4, 0.5) is 0 Å². The van der Waals surface area contributed by atoms with Crippen LogP contribution in [0.1, 0.15) is 12.1 Å². The molecule has 0 spiro atoms. The molecule has 1 unspecified atom stereocenters. The second-order valence-electron chi connectivity index (χ2n) is 4.43. The van der Waals surface area contributed by atoms with Gasteiger partial charge in [-0.15, -0.1) is 0 Å². The van der Waals surface area contributed by atoms with Gasteiger partial charge in [-0.25, -0.2) is 0 Å². The average molecular weight is 260 g/mol. The number of rotatable bonds is 4. The predicted octanol–water partition coefficient (Wildman–Crippen LogP) is 2.07. The lowest BCUT2D eigenvalue weighted by atomic mass is 10.1. The Balaban J connectivity index is 1.71. The minimum absolute atomic E-state index is 0.621. The van der Waals surface area contributed by atoms with Crippen molar-refractivity contribution in [2.24, 2.45) is 0 Å². The molecule has 1 aliphatic heterocycles. The summed E-state index contributed by atoms with van der Waals surface area (Å²) in [5.41, 5.74) is 3.07. The summed E-state index contributed by atoms with van der Waals surface area (Å²) < 4.78 is 0. The number of aromatic amines is 1.